The number of ether oxygens (including phenoxy) is 1. The van der Waals surface area contributed by atoms with Gasteiger partial charge in [0.1, 0.15) is 11.4 Å². The Kier molecular flexibility index (Phi) is 8.43. The van der Waals surface area contributed by atoms with Crippen LogP contribution in [0.1, 0.15) is 58.0 Å². The predicted molar refractivity (Wildman–Crippen MR) is 199 cm³/mol. The fraction of sp³-hybridized carbons (Fsp3) is 0.316. The average molecular weight is 714 g/mol. The maximum Gasteiger partial charge on any atom is 0.275 e. The number of nitro groups is 1. The standard InChI is InChI=1S/C38H38Cl2N6O4/c1-20-15-26(16-21(2)35(20)40)50-14-8-9-27-28-11-12-30(39)34(33-23(4)41-43(7)24(33)5)36(28)45-22(3)18-44(38(47)37(27)45)32-19-42(6)31-13-10-25(46(48)49)17-29(31)32/h10-13,15-17,19,22H,8-9,14,18H2,1-7H3/t22-/m1/s1. The van der Waals surface area contributed by atoms with Gasteiger partial charge < -0.3 is 18.8 Å². The molecule has 3 aromatic carbocycles. The van der Waals surface area contributed by atoms with E-state index in [0.717, 1.165) is 66.4 Å². The zero-order chi connectivity index (χ0) is 35.8. The second kappa shape index (κ2) is 12.5. The molecule has 0 fully saturated rings. The Morgan fingerprint density at radius 2 is 1.72 bits per heavy atom. The fourth-order valence-electron chi connectivity index (χ4n) is 7.62. The second-order valence-electron chi connectivity index (χ2n) is 13.4. The molecule has 0 bridgehead atoms. The van der Waals surface area contributed by atoms with Gasteiger partial charge in [0.15, 0.2) is 0 Å². The molecule has 12 heteroatoms. The molecule has 3 aromatic heterocycles. The summed E-state index contributed by atoms with van der Waals surface area (Å²) in [6.07, 6.45) is 3.10. The van der Waals surface area contributed by atoms with Crippen LogP contribution in [0.15, 0.2) is 48.7 Å². The molecule has 10 nitrogen and oxygen atoms in total. The highest BCUT2D eigenvalue weighted by atomic mass is 35.5. The number of benzene rings is 3. The van der Waals surface area contributed by atoms with Crippen LogP contribution in [0, 0.1) is 37.8 Å². The van der Waals surface area contributed by atoms with E-state index in [4.69, 9.17) is 33.0 Å². The number of hydrogen-bond donors (Lipinski definition) is 0. The lowest BCUT2D eigenvalue weighted by Gasteiger charge is -2.34. The van der Waals surface area contributed by atoms with E-state index < -0.39 is 4.92 Å². The van der Waals surface area contributed by atoms with Crippen LogP contribution in [0.25, 0.3) is 32.9 Å². The molecule has 1 amide bonds. The summed E-state index contributed by atoms with van der Waals surface area (Å²) < 4.78 is 12.1. The van der Waals surface area contributed by atoms with E-state index in [2.05, 4.69) is 11.5 Å². The van der Waals surface area contributed by atoms with Crippen molar-refractivity contribution in [1.29, 1.82) is 0 Å². The van der Waals surface area contributed by atoms with Crippen molar-refractivity contribution in [2.45, 2.75) is 53.5 Å². The van der Waals surface area contributed by atoms with Crippen LogP contribution in [-0.4, -0.2) is 42.9 Å². The number of rotatable bonds is 8. The molecule has 6 aromatic rings. The Hall–Kier alpha value is -4.80. The van der Waals surface area contributed by atoms with Gasteiger partial charge in [0.05, 0.1) is 39.0 Å². The molecule has 0 N–H and O–H groups in total. The molecule has 0 spiro atoms. The Morgan fingerprint density at radius 1 is 1.00 bits per heavy atom. The van der Waals surface area contributed by atoms with Crippen molar-refractivity contribution in [3.8, 4) is 16.9 Å². The van der Waals surface area contributed by atoms with Crippen molar-refractivity contribution in [1.82, 2.24) is 18.9 Å². The number of carbonyl (C=O) groups excluding carboxylic acids is 1. The molecular weight excluding hydrogens is 675 g/mol. The van der Waals surface area contributed by atoms with Crippen molar-refractivity contribution in [2.24, 2.45) is 14.1 Å². The highest BCUT2D eigenvalue weighted by Gasteiger charge is 2.37. The Morgan fingerprint density at radius 3 is 2.38 bits per heavy atom. The summed E-state index contributed by atoms with van der Waals surface area (Å²) in [4.78, 5) is 28.0. The van der Waals surface area contributed by atoms with Gasteiger partial charge >= 0.3 is 0 Å². The summed E-state index contributed by atoms with van der Waals surface area (Å²) in [5.74, 6) is 0.588. The first-order chi connectivity index (χ1) is 23.8. The summed E-state index contributed by atoms with van der Waals surface area (Å²) in [5.41, 5.74) is 9.38. The first-order valence-corrected chi connectivity index (χ1v) is 17.3. The van der Waals surface area contributed by atoms with E-state index in [1.807, 2.05) is 81.5 Å². The van der Waals surface area contributed by atoms with Gasteiger partial charge in [-0.25, -0.2) is 0 Å². The topological polar surface area (TPSA) is 100 Å². The zero-order valence-corrected chi connectivity index (χ0v) is 30.6. The van der Waals surface area contributed by atoms with Crippen molar-refractivity contribution in [2.75, 3.05) is 18.1 Å². The van der Waals surface area contributed by atoms with Crippen LogP contribution in [0.5, 0.6) is 5.75 Å². The molecule has 0 radical (unpaired) electrons. The molecule has 0 unspecified atom stereocenters. The van der Waals surface area contributed by atoms with Gasteiger partial charge in [-0.2, -0.15) is 5.10 Å². The number of aromatic nitrogens is 4. The number of halogens is 2. The molecule has 1 atom stereocenters. The van der Waals surface area contributed by atoms with Gasteiger partial charge in [-0.1, -0.05) is 29.3 Å². The zero-order valence-electron chi connectivity index (χ0n) is 29.1. The van der Waals surface area contributed by atoms with Crippen LogP contribution < -0.4 is 9.64 Å². The van der Waals surface area contributed by atoms with Crippen molar-refractivity contribution in [3.05, 3.63) is 103 Å². The summed E-state index contributed by atoms with van der Waals surface area (Å²) in [6, 6.07) is 12.4. The smallest absolute Gasteiger partial charge is 0.275 e. The monoisotopic (exact) mass is 712 g/mol. The largest absolute Gasteiger partial charge is 0.494 e. The molecule has 1 aliphatic rings. The first-order valence-electron chi connectivity index (χ1n) is 16.6. The Bertz CT molecular complexity index is 2360. The predicted octanol–water partition coefficient (Wildman–Crippen LogP) is 9.22. The third-order valence-electron chi connectivity index (χ3n) is 10.0. The molecule has 7 rings (SSSR count). The number of hydrogen-bond acceptors (Lipinski definition) is 5. The summed E-state index contributed by atoms with van der Waals surface area (Å²) in [7, 11) is 3.80. The lowest BCUT2D eigenvalue weighted by Crippen LogP contribution is -2.42. The minimum Gasteiger partial charge on any atom is -0.494 e. The van der Waals surface area contributed by atoms with Gasteiger partial charge in [0, 0.05) is 77.6 Å². The van der Waals surface area contributed by atoms with E-state index in [-0.39, 0.29) is 17.6 Å². The summed E-state index contributed by atoms with van der Waals surface area (Å²) in [6.45, 7) is 10.8. The molecule has 4 heterocycles. The summed E-state index contributed by atoms with van der Waals surface area (Å²) >= 11 is 13.4. The minimum absolute atomic E-state index is 0.0233. The number of nitro benzene ring substituents is 1. The number of fused-ring (bicyclic) bond motifs is 4. The van der Waals surface area contributed by atoms with E-state index in [9.17, 15) is 14.9 Å². The molecule has 0 saturated carbocycles. The molecule has 50 heavy (non-hydrogen) atoms. The van der Waals surface area contributed by atoms with E-state index in [1.165, 1.54) is 6.07 Å². The number of amides is 1. The molecule has 0 saturated heterocycles. The van der Waals surface area contributed by atoms with Crippen LogP contribution in [0.4, 0.5) is 11.4 Å². The highest BCUT2D eigenvalue weighted by molar-refractivity contribution is 6.35. The van der Waals surface area contributed by atoms with Crippen LogP contribution in [0.3, 0.4) is 0 Å². The SMILES string of the molecule is Cc1cc(OCCCc2c3n(c4c(-c5c(C)nn(C)c5C)c(Cl)ccc24)[C@H](C)CN(c2cn(C)c4ccc([N+](=O)[O-])cc24)C3=O)cc(C)c1Cl. The lowest BCUT2D eigenvalue weighted by molar-refractivity contribution is -0.384. The Balaban J connectivity index is 1.38. The van der Waals surface area contributed by atoms with Gasteiger partial charge in [-0.15, -0.1) is 0 Å². The molecular formula is C38H38Cl2N6O4. The molecule has 258 valence electrons. The number of nitrogens with zero attached hydrogens (tertiary/aromatic N) is 6. The van der Waals surface area contributed by atoms with Crippen LogP contribution in [0.2, 0.25) is 10.0 Å². The fourth-order valence-corrected chi connectivity index (χ4v) is 7.98. The maximum atomic E-state index is 14.9. The third-order valence-corrected chi connectivity index (χ3v) is 10.9. The van der Waals surface area contributed by atoms with E-state index >= 15 is 0 Å². The molecule has 0 aliphatic carbocycles. The number of aryl methyl sites for hydroxylation is 6. The number of carbonyl (C=O) groups is 1. The number of non-ortho nitro benzene ring substituents is 1. The first kappa shape index (κ1) is 33.7. The van der Waals surface area contributed by atoms with Crippen molar-refractivity contribution in [3.63, 3.8) is 0 Å². The van der Waals surface area contributed by atoms with E-state index in [0.29, 0.717) is 47.8 Å². The normalized spacial score (nSPS) is 14.6. The molecule has 1 aliphatic heterocycles. The van der Waals surface area contributed by atoms with E-state index in [1.54, 1.807) is 17.0 Å². The second-order valence-corrected chi connectivity index (χ2v) is 14.1. The maximum absolute atomic E-state index is 14.9. The number of anilines is 1. The third kappa shape index (κ3) is 5.32. The van der Waals surface area contributed by atoms with Crippen molar-refractivity contribution >= 4 is 62.3 Å². The van der Waals surface area contributed by atoms with Gasteiger partial charge in [-0.05, 0) is 88.4 Å². The van der Waals surface area contributed by atoms with Gasteiger partial charge in [0.25, 0.3) is 11.6 Å². The average Bonchev–Trinajstić information content (AvgIpc) is 3.67. The van der Waals surface area contributed by atoms with Crippen molar-refractivity contribution < 1.29 is 14.5 Å². The minimum atomic E-state index is -0.407. The van der Waals surface area contributed by atoms with Gasteiger partial charge in [0.2, 0.25) is 0 Å². The Labute approximate surface area is 299 Å². The highest BCUT2D eigenvalue weighted by Crippen LogP contribution is 2.46. The van der Waals surface area contributed by atoms with Crippen LogP contribution in [-0.2, 0) is 20.5 Å². The van der Waals surface area contributed by atoms with Crippen LogP contribution >= 0.6 is 23.2 Å². The quantitative estimate of drug-likeness (QED) is 0.0890. The summed E-state index contributed by atoms with van der Waals surface area (Å²) in [5, 5.41) is 19.4. The van der Waals surface area contributed by atoms with Gasteiger partial charge in [-0.3, -0.25) is 19.6 Å². The lowest BCUT2D eigenvalue weighted by atomic mass is 9.98.